The van der Waals surface area contributed by atoms with Crippen LogP contribution in [0.4, 0.5) is 0 Å². The molecule has 5 heteroatoms. The number of aliphatic hydroxyl groups excluding tert-OH is 4. The number of hydrogen-bond donors (Lipinski definition) is 4. The van der Waals surface area contributed by atoms with E-state index in [4.69, 9.17) is 20.1 Å². The summed E-state index contributed by atoms with van der Waals surface area (Å²) >= 11 is 0. The molecule has 0 rings (SSSR count). The Hall–Kier alpha value is -0.200. The largest absolute Gasteiger partial charge is 0.396 e. The third-order valence-electron chi connectivity index (χ3n) is 2.68. The van der Waals surface area contributed by atoms with Gasteiger partial charge in [-0.3, -0.25) is 0 Å². The topological polar surface area (TPSA) is 90.2 Å². The van der Waals surface area contributed by atoms with E-state index in [0.29, 0.717) is 6.42 Å². The zero-order valence-corrected chi connectivity index (χ0v) is 9.88. The normalized spacial score (nSPS) is 15.4. The maximum absolute atomic E-state index is 9.56. The summed E-state index contributed by atoms with van der Waals surface area (Å²) in [6.45, 7) is 1.74. The highest BCUT2D eigenvalue weighted by atomic mass is 16.5. The van der Waals surface area contributed by atoms with Crippen LogP contribution in [0.25, 0.3) is 0 Å². The molecule has 0 radical (unpaired) electrons. The van der Waals surface area contributed by atoms with Crippen LogP contribution in [0.15, 0.2) is 0 Å². The van der Waals surface area contributed by atoms with Crippen molar-refractivity contribution in [1.82, 2.24) is 0 Å². The summed E-state index contributed by atoms with van der Waals surface area (Å²) in [6, 6.07) is 0. The second-order valence-corrected chi connectivity index (χ2v) is 4.01. The van der Waals surface area contributed by atoms with Gasteiger partial charge < -0.3 is 25.2 Å². The summed E-state index contributed by atoms with van der Waals surface area (Å²) in [7, 11) is 0. The number of hydrogen-bond acceptors (Lipinski definition) is 5. The fraction of sp³-hybridized carbons (Fsp3) is 1.00. The van der Waals surface area contributed by atoms with Crippen molar-refractivity contribution in [1.29, 1.82) is 0 Å². The predicted molar refractivity (Wildman–Crippen MR) is 60.0 cm³/mol. The first-order valence-electron chi connectivity index (χ1n) is 5.80. The van der Waals surface area contributed by atoms with E-state index in [1.165, 1.54) is 0 Å². The van der Waals surface area contributed by atoms with E-state index in [0.717, 1.165) is 12.8 Å². The Morgan fingerprint density at radius 1 is 1.00 bits per heavy atom. The summed E-state index contributed by atoms with van der Waals surface area (Å²) in [5, 5.41) is 36.0. The van der Waals surface area contributed by atoms with E-state index in [1.54, 1.807) is 0 Å². The molecule has 0 aliphatic carbocycles. The molecule has 0 aromatic carbocycles. The molecule has 16 heavy (non-hydrogen) atoms. The van der Waals surface area contributed by atoms with Crippen LogP contribution in [0.3, 0.4) is 0 Å². The van der Waals surface area contributed by atoms with Gasteiger partial charge in [0.15, 0.2) is 0 Å². The second-order valence-electron chi connectivity index (χ2n) is 4.01. The summed E-state index contributed by atoms with van der Waals surface area (Å²) in [5.41, 5.74) is 0. The highest BCUT2D eigenvalue weighted by molar-refractivity contribution is 4.62. The van der Waals surface area contributed by atoms with Gasteiger partial charge in [-0.15, -0.1) is 0 Å². The van der Waals surface area contributed by atoms with E-state index in [2.05, 4.69) is 0 Å². The van der Waals surface area contributed by atoms with E-state index in [-0.39, 0.29) is 32.3 Å². The molecule has 0 heterocycles. The van der Waals surface area contributed by atoms with Crippen LogP contribution in [0.5, 0.6) is 0 Å². The molecular formula is C11H24O5. The molecule has 98 valence electrons. The van der Waals surface area contributed by atoms with Gasteiger partial charge >= 0.3 is 0 Å². The van der Waals surface area contributed by atoms with Gasteiger partial charge in [-0.2, -0.15) is 0 Å². The van der Waals surface area contributed by atoms with E-state index in [1.807, 2.05) is 6.92 Å². The molecule has 0 aromatic rings. The average Bonchev–Trinajstić information content (AvgIpc) is 2.31. The van der Waals surface area contributed by atoms with Gasteiger partial charge in [-0.25, -0.2) is 0 Å². The molecule has 2 unspecified atom stereocenters. The van der Waals surface area contributed by atoms with Crippen molar-refractivity contribution >= 4 is 0 Å². The SMILES string of the molecule is CCC(CO)CCC(O)COC(CO)CO. The first kappa shape index (κ1) is 15.8. The summed E-state index contributed by atoms with van der Waals surface area (Å²) in [6.07, 6.45) is 0.971. The Morgan fingerprint density at radius 3 is 2.06 bits per heavy atom. The Morgan fingerprint density at radius 2 is 1.62 bits per heavy atom. The van der Waals surface area contributed by atoms with Gasteiger partial charge in [0.25, 0.3) is 0 Å². The maximum atomic E-state index is 9.56. The highest BCUT2D eigenvalue weighted by Crippen LogP contribution is 2.12. The summed E-state index contributed by atoms with van der Waals surface area (Å²) in [4.78, 5) is 0. The Balaban J connectivity index is 3.61. The summed E-state index contributed by atoms with van der Waals surface area (Å²) < 4.78 is 5.09. The third kappa shape index (κ3) is 7.14. The van der Waals surface area contributed by atoms with Crippen LogP contribution in [0, 0.1) is 5.92 Å². The quantitative estimate of drug-likeness (QED) is 0.411. The van der Waals surface area contributed by atoms with Crippen LogP contribution in [-0.2, 0) is 4.74 Å². The molecule has 0 saturated heterocycles. The molecule has 5 nitrogen and oxygen atoms in total. The van der Waals surface area contributed by atoms with E-state index < -0.39 is 12.2 Å². The highest BCUT2D eigenvalue weighted by Gasteiger charge is 2.12. The van der Waals surface area contributed by atoms with Crippen LogP contribution in [0.2, 0.25) is 0 Å². The van der Waals surface area contributed by atoms with Crippen molar-refractivity contribution in [3.63, 3.8) is 0 Å². The molecule has 0 aliphatic heterocycles. The minimum Gasteiger partial charge on any atom is -0.396 e. The number of ether oxygens (including phenoxy) is 1. The molecule has 0 aromatic heterocycles. The van der Waals surface area contributed by atoms with Gasteiger partial charge in [-0.1, -0.05) is 13.3 Å². The first-order chi connectivity index (χ1) is 7.67. The van der Waals surface area contributed by atoms with Gasteiger partial charge in [0.1, 0.15) is 6.10 Å². The van der Waals surface area contributed by atoms with Crippen molar-refractivity contribution in [2.24, 2.45) is 5.92 Å². The zero-order chi connectivity index (χ0) is 12.4. The lowest BCUT2D eigenvalue weighted by Gasteiger charge is -2.18. The van der Waals surface area contributed by atoms with Crippen LogP contribution in [0.1, 0.15) is 26.2 Å². The fourth-order valence-electron chi connectivity index (χ4n) is 1.35. The summed E-state index contributed by atoms with van der Waals surface area (Å²) in [5.74, 6) is 0.223. The van der Waals surface area contributed by atoms with Crippen molar-refractivity contribution in [3.05, 3.63) is 0 Å². The first-order valence-corrected chi connectivity index (χ1v) is 5.80. The molecule has 2 atom stereocenters. The standard InChI is InChI=1S/C11H24O5/c1-2-9(5-12)3-4-10(15)8-16-11(6-13)7-14/h9-15H,2-8H2,1H3. The van der Waals surface area contributed by atoms with Gasteiger partial charge in [0.05, 0.1) is 25.9 Å². The zero-order valence-electron chi connectivity index (χ0n) is 9.88. The van der Waals surface area contributed by atoms with Crippen molar-refractivity contribution in [3.8, 4) is 0 Å². The van der Waals surface area contributed by atoms with E-state index in [9.17, 15) is 5.11 Å². The lowest BCUT2D eigenvalue weighted by Crippen LogP contribution is -2.27. The second kappa shape index (κ2) is 9.99. The fourth-order valence-corrected chi connectivity index (χ4v) is 1.35. The molecule has 0 fully saturated rings. The third-order valence-corrected chi connectivity index (χ3v) is 2.68. The van der Waals surface area contributed by atoms with Gasteiger partial charge in [0, 0.05) is 6.61 Å². The van der Waals surface area contributed by atoms with Crippen molar-refractivity contribution in [2.45, 2.75) is 38.4 Å². The molecule has 0 bridgehead atoms. The predicted octanol–water partition coefficient (Wildman–Crippen LogP) is -0.484. The Labute approximate surface area is 96.7 Å². The Bertz CT molecular complexity index is 129. The van der Waals surface area contributed by atoms with Crippen LogP contribution in [-0.4, -0.2) is 59.1 Å². The van der Waals surface area contributed by atoms with Crippen LogP contribution >= 0.6 is 0 Å². The lowest BCUT2D eigenvalue weighted by atomic mass is 9.99. The van der Waals surface area contributed by atoms with Gasteiger partial charge in [0.2, 0.25) is 0 Å². The van der Waals surface area contributed by atoms with Gasteiger partial charge in [-0.05, 0) is 18.8 Å². The minimum absolute atomic E-state index is 0.105. The smallest absolute Gasteiger partial charge is 0.104 e. The minimum atomic E-state index is -0.616. The molecular weight excluding hydrogens is 212 g/mol. The lowest BCUT2D eigenvalue weighted by molar-refractivity contribution is -0.0558. The Kier molecular flexibility index (Phi) is 9.86. The average molecular weight is 236 g/mol. The number of aliphatic hydroxyl groups is 4. The molecule has 0 spiro atoms. The monoisotopic (exact) mass is 236 g/mol. The molecule has 4 N–H and O–H groups in total. The maximum Gasteiger partial charge on any atom is 0.104 e. The van der Waals surface area contributed by atoms with Crippen LogP contribution < -0.4 is 0 Å². The molecule has 0 amide bonds. The molecule has 0 aliphatic rings. The number of rotatable bonds is 10. The van der Waals surface area contributed by atoms with Crippen molar-refractivity contribution in [2.75, 3.05) is 26.4 Å². The van der Waals surface area contributed by atoms with E-state index >= 15 is 0 Å². The molecule has 0 saturated carbocycles. The van der Waals surface area contributed by atoms with Crippen molar-refractivity contribution < 1.29 is 25.2 Å².